The standard InChI is InChI=1S/C25H36O/c1-4-6-7-8-9-12-19-26-24-17-15-22(16-18-24)25-14-11-10-13-23(25)20-21(3)5-2/h10-11,13-18,21H,4-9,12,19-20H2,1-3H3. The van der Waals surface area contributed by atoms with E-state index in [1.165, 1.54) is 55.2 Å². The van der Waals surface area contributed by atoms with Crippen molar-refractivity contribution in [1.29, 1.82) is 0 Å². The second-order valence-corrected chi connectivity index (χ2v) is 7.52. The molecule has 0 fully saturated rings. The van der Waals surface area contributed by atoms with Crippen molar-refractivity contribution in [2.24, 2.45) is 5.92 Å². The first-order valence-corrected chi connectivity index (χ1v) is 10.6. The summed E-state index contributed by atoms with van der Waals surface area (Å²) in [6.45, 7) is 7.69. The number of ether oxygens (including phenoxy) is 1. The third-order valence-corrected chi connectivity index (χ3v) is 5.21. The Bertz CT molecular complexity index is 614. The molecule has 0 amide bonds. The van der Waals surface area contributed by atoms with E-state index in [0.29, 0.717) is 0 Å². The highest BCUT2D eigenvalue weighted by atomic mass is 16.5. The molecule has 0 aliphatic rings. The highest BCUT2D eigenvalue weighted by Gasteiger charge is 2.08. The first-order valence-electron chi connectivity index (χ1n) is 10.6. The van der Waals surface area contributed by atoms with Gasteiger partial charge in [-0.1, -0.05) is 95.7 Å². The zero-order valence-corrected chi connectivity index (χ0v) is 17.0. The quantitative estimate of drug-likeness (QED) is 0.356. The van der Waals surface area contributed by atoms with Crippen molar-refractivity contribution in [3.05, 3.63) is 54.1 Å². The van der Waals surface area contributed by atoms with Crippen LogP contribution in [-0.4, -0.2) is 6.61 Å². The lowest BCUT2D eigenvalue weighted by Crippen LogP contribution is -2.00. The Labute approximate surface area is 160 Å². The van der Waals surface area contributed by atoms with Gasteiger partial charge in [-0.05, 0) is 47.6 Å². The number of hydrogen-bond donors (Lipinski definition) is 0. The highest BCUT2D eigenvalue weighted by molar-refractivity contribution is 5.68. The first-order chi connectivity index (χ1) is 12.7. The Morgan fingerprint density at radius 1 is 0.808 bits per heavy atom. The molecule has 2 aromatic carbocycles. The van der Waals surface area contributed by atoms with Crippen molar-refractivity contribution < 1.29 is 4.74 Å². The predicted molar refractivity (Wildman–Crippen MR) is 114 cm³/mol. The maximum absolute atomic E-state index is 5.92. The lowest BCUT2D eigenvalue weighted by atomic mass is 9.92. The van der Waals surface area contributed by atoms with Crippen LogP contribution in [-0.2, 0) is 6.42 Å². The number of rotatable bonds is 12. The average Bonchev–Trinajstić information content (AvgIpc) is 2.68. The fourth-order valence-corrected chi connectivity index (χ4v) is 3.30. The van der Waals surface area contributed by atoms with Crippen LogP contribution in [0.15, 0.2) is 48.5 Å². The van der Waals surface area contributed by atoms with Crippen LogP contribution in [0.25, 0.3) is 11.1 Å². The first kappa shape index (κ1) is 20.6. The summed E-state index contributed by atoms with van der Waals surface area (Å²) in [6.07, 6.45) is 10.2. The lowest BCUT2D eigenvalue weighted by molar-refractivity contribution is 0.304. The summed E-state index contributed by atoms with van der Waals surface area (Å²) in [7, 11) is 0. The van der Waals surface area contributed by atoms with E-state index in [4.69, 9.17) is 4.74 Å². The minimum atomic E-state index is 0.719. The van der Waals surface area contributed by atoms with E-state index < -0.39 is 0 Å². The van der Waals surface area contributed by atoms with E-state index >= 15 is 0 Å². The molecule has 1 heteroatoms. The molecule has 2 aromatic rings. The van der Waals surface area contributed by atoms with Gasteiger partial charge < -0.3 is 4.74 Å². The summed E-state index contributed by atoms with van der Waals surface area (Å²) in [5, 5.41) is 0. The molecule has 0 saturated heterocycles. The van der Waals surface area contributed by atoms with Gasteiger partial charge in [-0.3, -0.25) is 0 Å². The third kappa shape index (κ3) is 6.86. The molecular formula is C25H36O. The zero-order chi connectivity index (χ0) is 18.6. The summed E-state index contributed by atoms with van der Waals surface area (Å²) in [5.41, 5.74) is 4.09. The highest BCUT2D eigenvalue weighted by Crippen LogP contribution is 2.28. The molecule has 0 heterocycles. The maximum atomic E-state index is 5.92. The molecular weight excluding hydrogens is 316 g/mol. The molecule has 0 N–H and O–H groups in total. The van der Waals surface area contributed by atoms with Gasteiger partial charge in [0, 0.05) is 0 Å². The maximum Gasteiger partial charge on any atom is 0.119 e. The van der Waals surface area contributed by atoms with Gasteiger partial charge in [0.25, 0.3) is 0 Å². The zero-order valence-electron chi connectivity index (χ0n) is 17.0. The van der Waals surface area contributed by atoms with Crippen LogP contribution in [0.3, 0.4) is 0 Å². The lowest BCUT2D eigenvalue weighted by Gasteiger charge is -2.14. The summed E-state index contributed by atoms with van der Waals surface area (Å²) in [6, 6.07) is 17.4. The number of unbranched alkanes of at least 4 members (excludes halogenated alkanes) is 5. The predicted octanol–water partition coefficient (Wildman–Crippen LogP) is 7.68. The van der Waals surface area contributed by atoms with Crippen molar-refractivity contribution in [3.8, 4) is 16.9 Å². The van der Waals surface area contributed by atoms with Crippen LogP contribution in [0, 0.1) is 5.92 Å². The van der Waals surface area contributed by atoms with Crippen molar-refractivity contribution in [2.75, 3.05) is 6.61 Å². The molecule has 0 radical (unpaired) electrons. The second-order valence-electron chi connectivity index (χ2n) is 7.52. The van der Waals surface area contributed by atoms with Crippen molar-refractivity contribution in [3.63, 3.8) is 0 Å². The summed E-state index contributed by atoms with van der Waals surface area (Å²) in [5.74, 6) is 1.71. The van der Waals surface area contributed by atoms with Gasteiger partial charge >= 0.3 is 0 Å². The Hall–Kier alpha value is -1.76. The van der Waals surface area contributed by atoms with Gasteiger partial charge in [0.1, 0.15) is 5.75 Å². The third-order valence-electron chi connectivity index (χ3n) is 5.21. The van der Waals surface area contributed by atoms with Crippen molar-refractivity contribution in [1.82, 2.24) is 0 Å². The molecule has 0 aliphatic heterocycles. The SMILES string of the molecule is CCCCCCCCOc1ccc(-c2ccccc2CC(C)CC)cc1. The van der Waals surface area contributed by atoms with Crippen LogP contribution in [0.5, 0.6) is 5.75 Å². The number of benzene rings is 2. The largest absolute Gasteiger partial charge is 0.494 e. The Morgan fingerprint density at radius 3 is 2.23 bits per heavy atom. The van der Waals surface area contributed by atoms with E-state index in [9.17, 15) is 0 Å². The molecule has 0 aliphatic carbocycles. The van der Waals surface area contributed by atoms with Gasteiger partial charge in [-0.15, -0.1) is 0 Å². The van der Waals surface area contributed by atoms with Crippen LogP contribution in [0.1, 0.15) is 71.3 Å². The molecule has 0 saturated carbocycles. The van der Waals surface area contributed by atoms with E-state index in [1.54, 1.807) is 0 Å². The van der Waals surface area contributed by atoms with Crippen molar-refractivity contribution >= 4 is 0 Å². The molecule has 1 atom stereocenters. The fourth-order valence-electron chi connectivity index (χ4n) is 3.30. The smallest absolute Gasteiger partial charge is 0.119 e. The minimum absolute atomic E-state index is 0.719. The van der Waals surface area contributed by atoms with E-state index in [2.05, 4.69) is 69.3 Å². The Kier molecular flexibility index (Phi) is 9.31. The van der Waals surface area contributed by atoms with Crippen LogP contribution in [0.4, 0.5) is 0 Å². The Balaban J connectivity index is 1.87. The normalized spacial score (nSPS) is 12.1. The van der Waals surface area contributed by atoms with E-state index in [-0.39, 0.29) is 0 Å². The molecule has 0 spiro atoms. The fraction of sp³-hybridized carbons (Fsp3) is 0.520. The molecule has 142 valence electrons. The summed E-state index contributed by atoms with van der Waals surface area (Å²) >= 11 is 0. The molecule has 26 heavy (non-hydrogen) atoms. The Morgan fingerprint density at radius 2 is 1.50 bits per heavy atom. The monoisotopic (exact) mass is 352 g/mol. The summed E-state index contributed by atoms with van der Waals surface area (Å²) < 4.78 is 5.92. The van der Waals surface area contributed by atoms with E-state index in [1.807, 2.05) is 0 Å². The van der Waals surface area contributed by atoms with Crippen molar-refractivity contribution in [2.45, 2.75) is 72.1 Å². The van der Waals surface area contributed by atoms with Crippen LogP contribution < -0.4 is 4.74 Å². The van der Waals surface area contributed by atoms with Crippen LogP contribution >= 0.6 is 0 Å². The molecule has 0 bridgehead atoms. The second kappa shape index (κ2) is 11.8. The van der Waals surface area contributed by atoms with Gasteiger partial charge in [0.2, 0.25) is 0 Å². The van der Waals surface area contributed by atoms with Gasteiger partial charge in [-0.25, -0.2) is 0 Å². The average molecular weight is 353 g/mol. The molecule has 1 unspecified atom stereocenters. The number of hydrogen-bond acceptors (Lipinski definition) is 1. The molecule has 0 aromatic heterocycles. The van der Waals surface area contributed by atoms with Gasteiger partial charge in [-0.2, -0.15) is 0 Å². The summed E-state index contributed by atoms with van der Waals surface area (Å²) in [4.78, 5) is 0. The van der Waals surface area contributed by atoms with Gasteiger partial charge in [0.15, 0.2) is 0 Å². The minimum Gasteiger partial charge on any atom is -0.494 e. The van der Waals surface area contributed by atoms with Gasteiger partial charge in [0.05, 0.1) is 6.61 Å². The molecule has 2 rings (SSSR count). The molecule has 1 nitrogen and oxygen atoms in total. The van der Waals surface area contributed by atoms with Crippen LogP contribution in [0.2, 0.25) is 0 Å². The topological polar surface area (TPSA) is 9.23 Å². The van der Waals surface area contributed by atoms with E-state index in [0.717, 1.165) is 31.1 Å².